The smallest absolute Gasteiger partial charge is 0.125 e. The fourth-order valence-corrected chi connectivity index (χ4v) is 1.50. The molecule has 1 aromatic heterocycles. The Labute approximate surface area is 84.0 Å². The van der Waals surface area contributed by atoms with Crippen LogP contribution in [-0.4, -0.2) is 9.97 Å². The largest absolute Gasteiger partial charge is 0.241 e. The number of aromatic nitrogens is 2. The van der Waals surface area contributed by atoms with Crippen LogP contribution in [0.15, 0.2) is 24.4 Å². The van der Waals surface area contributed by atoms with Gasteiger partial charge in [-0.3, -0.25) is 0 Å². The SMILES string of the molecule is Cc1ncc2cc(C(C)C)ccc2n1. The van der Waals surface area contributed by atoms with E-state index in [0.717, 1.165) is 16.7 Å². The fraction of sp³-hybridized carbons (Fsp3) is 0.333. The number of hydrogen-bond acceptors (Lipinski definition) is 2. The molecule has 0 fully saturated rings. The molecule has 2 aromatic rings. The van der Waals surface area contributed by atoms with Crippen molar-refractivity contribution in [1.82, 2.24) is 9.97 Å². The second-order valence-electron chi connectivity index (χ2n) is 3.89. The van der Waals surface area contributed by atoms with Gasteiger partial charge in [-0.25, -0.2) is 9.97 Å². The Hall–Kier alpha value is -1.44. The molecule has 0 unspecified atom stereocenters. The molecule has 0 saturated heterocycles. The molecule has 0 bridgehead atoms. The van der Waals surface area contributed by atoms with Gasteiger partial charge in [0, 0.05) is 11.6 Å². The Morgan fingerprint density at radius 1 is 1.21 bits per heavy atom. The number of aryl methyl sites for hydroxylation is 1. The predicted octanol–water partition coefficient (Wildman–Crippen LogP) is 3.06. The van der Waals surface area contributed by atoms with Crippen molar-refractivity contribution in [2.45, 2.75) is 26.7 Å². The number of nitrogens with zero attached hydrogens (tertiary/aromatic N) is 2. The van der Waals surface area contributed by atoms with Crippen LogP contribution in [0.25, 0.3) is 10.9 Å². The summed E-state index contributed by atoms with van der Waals surface area (Å²) in [5.41, 5.74) is 2.37. The molecule has 0 atom stereocenters. The van der Waals surface area contributed by atoms with Gasteiger partial charge in [-0.15, -0.1) is 0 Å². The highest BCUT2D eigenvalue weighted by Gasteiger charge is 2.01. The van der Waals surface area contributed by atoms with Crippen molar-refractivity contribution < 1.29 is 0 Å². The summed E-state index contributed by atoms with van der Waals surface area (Å²) in [4.78, 5) is 8.56. The third-order valence-electron chi connectivity index (χ3n) is 2.39. The molecule has 0 radical (unpaired) electrons. The molecule has 0 aliphatic heterocycles. The first-order valence-electron chi connectivity index (χ1n) is 4.90. The van der Waals surface area contributed by atoms with E-state index in [1.54, 1.807) is 0 Å². The van der Waals surface area contributed by atoms with Gasteiger partial charge in [0.1, 0.15) is 5.82 Å². The van der Waals surface area contributed by atoms with Crippen LogP contribution < -0.4 is 0 Å². The minimum Gasteiger partial charge on any atom is -0.241 e. The zero-order valence-electron chi connectivity index (χ0n) is 8.78. The Kier molecular flexibility index (Phi) is 2.20. The normalized spacial score (nSPS) is 11.1. The van der Waals surface area contributed by atoms with Crippen LogP contribution in [-0.2, 0) is 0 Å². The summed E-state index contributed by atoms with van der Waals surface area (Å²) in [6, 6.07) is 6.37. The van der Waals surface area contributed by atoms with E-state index in [2.05, 4.69) is 42.0 Å². The van der Waals surface area contributed by atoms with Crippen molar-refractivity contribution in [3.05, 3.63) is 35.8 Å². The van der Waals surface area contributed by atoms with E-state index in [9.17, 15) is 0 Å². The van der Waals surface area contributed by atoms with Crippen molar-refractivity contribution in [2.24, 2.45) is 0 Å². The zero-order chi connectivity index (χ0) is 10.1. The molecule has 72 valence electrons. The quantitative estimate of drug-likeness (QED) is 0.684. The van der Waals surface area contributed by atoms with E-state index in [0.29, 0.717) is 5.92 Å². The van der Waals surface area contributed by atoms with Gasteiger partial charge in [0.05, 0.1) is 5.52 Å². The minimum absolute atomic E-state index is 0.556. The molecule has 0 amide bonds. The van der Waals surface area contributed by atoms with Gasteiger partial charge < -0.3 is 0 Å². The molecule has 1 heterocycles. The van der Waals surface area contributed by atoms with E-state index < -0.39 is 0 Å². The van der Waals surface area contributed by atoms with E-state index >= 15 is 0 Å². The van der Waals surface area contributed by atoms with Crippen molar-refractivity contribution >= 4 is 10.9 Å². The Balaban J connectivity index is 2.62. The van der Waals surface area contributed by atoms with Crippen LogP contribution in [0.5, 0.6) is 0 Å². The first-order chi connectivity index (χ1) is 6.66. The van der Waals surface area contributed by atoms with Crippen molar-refractivity contribution in [2.75, 3.05) is 0 Å². The molecule has 2 rings (SSSR count). The first kappa shape index (κ1) is 9.13. The zero-order valence-corrected chi connectivity index (χ0v) is 8.78. The van der Waals surface area contributed by atoms with Gasteiger partial charge in [0.2, 0.25) is 0 Å². The molecule has 0 aliphatic carbocycles. The maximum Gasteiger partial charge on any atom is 0.125 e. The monoisotopic (exact) mass is 186 g/mol. The highest BCUT2D eigenvalue weighted by atomic mass is 14.9. The highest BCUT2D eigenvalue weighted by Crippen LogP contribution is 2.19. The molecule has 0 N–H and O–H groups in total. The summed E-state index contributed by atoms with van der Waals surface area (Å²) in [6.07, 6.45) is 1.89. The van der Waals surface area contributed by atoms with Crippen molar-refractivity contribution in [1.29, 1.82) is 0 Å². The molecule has 14 heavy (non-hydrogen) atoms. The molecule has 2 nitrogen and oxygen atoms in total. The topological polar surface area (TPSA) is 25.8 Å². The standard InChI is InChI=1S/C12H14N2/c1-8(2)10-4-5-12-11(6-10)7-13-9(3)14-12/h4-8H,1-3H3. The summed E-state index contributed by atoms with van der Waals surface area (Å²) >= 11 is 0. The number of rotatable bonds is 1. The molecule has 0 spiro atoms. The molecular weight excluding hydrogens is 172 g/mol. The summed E-state index contributed by atoms with van der Waals surface area (Å²) < 4.78 is 0. The van der Waals surface area contributed by atoms with Crippen molar-refractivity contribution in [3.8, 4) is 0 Å². The highest BCUT2D eigenvalue weighted by molar-refractivity contribution is 5.78. The summed E-state index contributed by atoms with van der Waals surface area (Å²) in [5.74, 6) is 1.38. The molecule has 1 aromatic carbocycles. The summed E-state index contributed by atoms with van der Waals surface area (Å²) in [6.45, 7) is 6.29. The Morgan fingerprint density at radius 2 is 2.00 bits per heavy atom. The van der Waals surface area contributed by atoms with Crippen LogP contribution in [0, 0.1) is 6.92 Å². The van der Waals surface area contributed by atoms with Crippen LogP contribution in [0.2, 0.25) is 0 Å². The Morgan fingerprint density at radius 3 is 2.71 bits per heavy atom. The van der Waals surface area contributed by atoms with Crippen LogP contribution in [0.3, 0.4) is 0 Å². The average molecular weight is 186 g/mol. The van der Waals surface area contributed by atoms with E-state index in [1.165, 1.54) is 5.56 Å². The molecular formula is C12H14N2. The lowest BCUT2D eigenvalue weighted by atomic mass is 10.0. The van der Waals surface area contributed by atoms with Gasteiger partial charge in [0.25, 0.3) is 0 Å². The van der Waals surface area contributed by atoms with Crippen LogP contribution in [0.4, 0.5) is 0 Å². The van der Waals surface area contributed by atoms with Gasteiger partial charge in [0.15, 0.2) is 0 Å². The number of hydrogen-bond donors (Lipinski definition) is 0. The summed E-state index contributed by atoms with van der Waals surface area (Å²) in [5, 5.41) is 1.13. The molecule has 0 saturated carbocycles. The van der Waals surface area contributed by atoms with Crippen LogP contribution in [0.1, 0.15) is 31.2 Å². The number of fused-ring (bicyclic) bond motifs is 1. The third kappa shape index (κ3) is 1.60. The van der Waals surface area contributed by atoms with Gasteiger partial charge in [-0.2, -0.15) is 0 Å². The lowest BCUT2D eigenvalue weighted by Gasteiger charge is -2.06. The number of benzene rings is 1. The minimum atomic E-state index is 0.556. The van der Waals surface area contributed by atoms with E-state index in [1.807, 2.05) is 13.1 Å². The lowest BCUT2D eigenvalue weighted by molar-refractivity contribution is 0.868. The van der Waals surface area contributed by atoms with Gasteiger partial charge in [-0.05, 0) is 30.5 Å². The molecule has 0 aliphatic rings. The van der Waals surface area contributed by atoms with Gasteiger partial charge >= 0.3 is 0 Å². The van der Waals surface area contributed by atoms with E-state index in [4.69, 9.17) is 0 Å². The maximum atomic E-state index is 4.36. The molecule has 2 heteroatoms. The lowest BCUT2D eigenvalue weighted by Crippen LogP contribution is -1.91. The summed E-state index contributed by atoms with van der Waals surface area (Å²) in [7, 11) is 0. The van der Waals surface area contributed by atoms with Gasteiger partial charge in [-0.1, -0.05) is 19.9 Å². The Bertz CT molecular complexity index is 461. The average Bonchev–Trinajstić information content (AvgIpc) is 2.16. The first-order valence-corrected chi connectivity index (χ1v) is 4.90. The maximum absolute atomic E-state index is 4.36. The van der Waals surface area contributed by atoms with Crippen molar-refractivity contribution in [3.63, 3.8) is 0 Å². The van der Waals surface area contributed by atoms with Crippen LogP contribution >= 0.6 is 0 Å². The second kappa shape index (κ2) is 3.37. The van der Waals surface area contributed by atoms with E-state index in [-0.39, 0.29) is 0 Å². The third-order valence-corrected chi connectivity index (χ3v) is 2.39. The second-order valence-corrected chi connectivity index (χ2v) is 3.89. The predicted molar refractivity (Wildman–Crippen MR) is 58.4 cm³/mol. The fourth-order valence-electron chi connectivity index (χ4n) is 1.50.